The minimum absolute atomic E-state index is 0.117. The fourth-order valence-electron chi connectivity index (χ4n) is 5.16. The van der Waals surface area contributed by atoms with Gasteiger partial charge >= 0.3 is 11.9 Å². The van der Waals surface area contributed by atoms with Gasteiger partial charge in [-0.1, -0.05) is 49.5 Å². The molecular weight excluding hydrogens is 380 g/mol. The molecule has 0 aromatic heterocycles. The van der Waals surface area contributed by atoms with Crippen LogP contribution < -0.4 is 5.32 Å². The number of rotatable bonds is 5. The fourth-order valence-corrected chi connectivity index (χ4v) is 5.16. The van der Waals surface area contributed by atoms with E-state index >= 15 is 0 Å². The molecule has 2 N–H and O–H groups in total. The second kappa shape index (κ2) is 11.7. The Hall–Kier alpha value is -1.66. The third kappa shape index (κ3) is 6.17. The van der Waals surface area contributed by atoms with Crippen LogP contribution in [0, 0.1) is 11.8 Å². The molecule has 0 spiro atoms. The van der Waals surface area contributed by atoms with Crippen molar-refractivity contribution in [2.75, 3.05) is 19.7 Å². The van der Waals surface area contributed by atoms with E-state index in [1.165, 1.54) is 24.8 Å². The summed E-state index contributed by atoms with van der Waals surface area (Å²) in [6.07, 6.45) is 16.4. The van der Waals surface area contributed by atoms with E-state index in [0.29, 0.717) is 19.0 Å². The Labute approximate surface area is 180 Å². The first-order valence-corrected chi connectivity index (χ1v) is 11.8. The number of amides is 1. The lowest BCUT2D eigenvalue weighted by molar-refractivity contribution is -0.161. The molecule has 30 heavy (non-hydrogen) atoms. The van der Waals surface area contributed by atoms with E-state index in [-0.39, 0.29) is 18.6 Å². The van der Waals surface area contributed by atoms with Crippen molar-refractivity contribution < 1.29 is 19.4 Å². The van der Waals surface area contributed by atoms with Crippen LogP contribution in [0.25, 0.3) is 0 Å². The lowest BCUT2D eigenvalue weighted by Crippen LogP contribution is -2.51. The largest absolute Gasteiger partial charge is 0.459 e. The van der Waals surface area contributed by atoms with E-state index in [1.807, 2.05) is 0 Å². The van der Waals surface area contributed by atoms with Crippen molar-refractivity contribution in [2.24, 2.45) is 11.8 Å². The number of fused-ring (bicyclic) bond motifs is 1. The maximum Gasteiger partial charge on any atom is 0.397 e. The van der Waals surface area contributed by atoms with Crippen molar-refractivity contribution in [3.05, 3.63) is 23.8 Å². The second-order valence-electron chi connectivity index (χ2n) is 8.91. The minimum Gasteiger partial charge on any atom is -0.459 e. The van der Waals surface area contributed by atoms with E-state index < -0.39 is 18.1 Å². The van der Waals surface area contributed by atoms with Crippen LogP contribution in [0.1, 0.15) is 71.1 Å². The molecule has 3 atom stereocenters. The zero-order chi connectivity index (χ0) is 21.3. The standard InChI is InChI=1S/C24H38N2O4/c1-2-30-24(29)23(28)26-16-15-19-10-7-6-9-18(19)13-8-14-21(26)17-25-22(27)20-11-4-3-5-12-20/h6-7,10,18,20-22,25,27H,2-5,8-9,11-17H2,1H3/t18?,21-,22?/m1/s1. The van der Waals surface area contributed by atoms with Crippen LogP contribution in [0.4, 0.5) is 0 Å². The molecule has 1 saturated heterocycles. The van der Waals surface area contributed by atoms with Gasteiger partial charge in [0, 0.05) is 19.1 Å². The van der Waals surface area contributed by atoms with Crippen molar-refractivity contribution in [2.45, 2.75) is 83.4 Å². The average Bonchev–Trinajstić information content (AvgIpc) is 2.86. The maximum absolute atomic E-state index is 12.9. The summed E-state index contributed by atoms with van der Waals surface area (Å²) in [7, 11) is 0. The van der Waals surface area contributed by atoms with Crippen LogP contribution in [0.15, 0.2) is 23.8 Å². The van der Waals surface area contributed by atoms with E-state index in [4.69, 9.17) is 4.74 Å². The van der Waals surface area contributed by atoms with Crippen LogP contribution in [0.5, 0.6) is 0 Å². The molecular formula is C24H38N2O4. The molecule has 3 rings (SSSR count). The smallest absolute Gasteiger partial charge is 0.397 e. The Morgan fingerprint density at radius 1 is 1.20 bits per heavy atom. The lowest BCUT2D eigenvalue weighted by atomic mass is 9.85. The quantitative estimate of drug-likeness (QED) is 0.407. The second-order valence-corrected chi connectivity index (χ2v) is 8.91. The van der Waals surface area contributed by atoms with Gasteiger partial charge in [0.15, 0.2) is 0 Å². The number of esters is 1. The average molecular weight is 419 g/mol. The maximum atomic E-state index is 12.9. The van der Waals surface area contributed by atoms with Crippen molar-refractivity contribution in [1.82, 2.24) is 10.2 Å². The van der Waals surface area contributed by atoms with Gasteiger partial charge in [-0.15, -0.1) is 0 Å². The summed E-state index contributed by atoms with van der Waals surface area (Å²) in [6.45, 7) is 2.93. The van der Waals surface area contributed by atoms with Crippen LogP contribution in [-0.2, 0) is 14.3 Å². The van der Waals surface area contributed by atoms with Crippen molar-refractivity contribution >= 4 is 11.9 Å². The van der Waals surface area contributed by atoms with Gasteiger partial charge in [-0.3, -0.25) is 10.1 Å². The molecule has 1 heterocycles. The van der Waals surface area contributed by atoms with Gasteiger partial charge in [0.25, 0.3) is 0 Å². The topological polar surface area (TPSA) is 78.9 Å². The van der Waals surface area contributed by atoms with Crippen molar-refractivity contribution in [3.8, 4) is 0 Å². The number of ether oxygens (including phenoxy) is 1. The number of allylic oxidation sites excluding steroid dienone is 3. The molecule has 0 aromatic rings. The van der Waals surface area contributed by atoms with Crippen LogP contribution in [0.3, 0.4) is 0 Å². The number of aliphatic hydroxyl groups excluding tert-OH is 1. The number of aliphatic hydroxyl groups is 1. The highest BCUT2D eigenvalue weighted by atomic mass is 16.5. The van der Waals surface area contributed by atoms with Gasteiger partial charge in [0.05, 0.1) is 6.61 Å². The molecule has 6 heteroatoms. The van der Waals surface area contributed by atoms with Gasteiger partial charge in [0.2, 0.25) is 0 Å². The van der Waals surface area contributed by atoms with Gasteiger partial charge in [0.1, 0.15) is 6.23 Å². The summed E-state index contributed by atoms with van der Waals surface area (Å²) in [5.74, 6) is -0.512. The lowest BCUT2D eigenvalue weighted by Gasteiger charge is -2.33. The first kappa shape index (κ1) is 23.0. The Morgan fingerprint density at radius 2 is 2.00 bits per heavy atom. The van der Waals surface area contributed by atoms with E-state index in [9.17, 15) is 14.7 Å². The van der Waals surface area contributed by atoms with Crippen LogP contribution in [-0.4, -0.2) is 53.8 Å². The summed E-state index contributed by atoms with van der Waals surface area (Å²) in [4.78, 5) is 26.8. The summed E-state index contributed by atoms with van der Waals surface area (Å²) in [6, 6.07) is -0.117. The van der Waals surface area contributed by atoms with Gasteiger partial charge in [-0.05, 0) is 57.3 Å². The molecule has 168 valence electrons. The highest BCUT2D eigenvalue weighted by molar-refractivity contribution is 6.32. The van der Waals surface area contributed by atoms with Crippen LogP contribution >= 0.6 is 0 Å². The number of carbonyl (C=O) groups is 2. The molecule has 0 radical (unpaired) electrons. The van der Waals surface area contributed by atoms with Crippen LogP contribution in [0.2, 0.25) is 0 Å². The van der Waals surface area contributed by atoms with Gasteiger partial charge < -0.3 is 14.7 Å². The molecule has 0 aromatic carbocycles. The highest BCUT2D eigenvalue weighted by Gasteiger charge is 2.32. The number of hydrogen-bond acceptors (Lipinski definition) is 5. The number of nitrogens with zero attached hydrogens (tertiary/aromatic N) is 1. The first-order chi connectivity index (χ1) is 14.6. The van der Waals surface area contributed by atoms with E-state index in [1.54, 1.807) is 11.8 Å². The third-order valence-electron chi connectivity index (χ3n) is 6.93. The molecule has 1 saturated carbocycles. The third-order valence-corrected chi connectivity index (χ3v) is 6.93. The zero-order valence-electron chi connectivity index (χ0n) is 18.4. The number of carbonyl (C=O) groups excluding carboxylic acids is 2. The SMILES string of the molecule is CCOC(=O)C(=O)N1CCC2=CC=CCC2CCC[C@@H]1CNC(O)C1CCCCC1. The Balaban J connectivity index is 1.69. The minimum atomic E-state index is -0.774. The normalized spacial score (nSPS) is 26.6. The molecule has 2 aliphatic carbocycles. The Bertz CT molecular complexity index is 639. The summed E-state index contributed by atoms with van der Waals surface area (Å²) >= 11 is 0. The Kier molecular flexibility index (Phi) is 8.94. The molecule has 0 bridgehead atoms. The molecule has 2 fully saturated rings. The monoisotopic (exact) mass is 418 g/mol. The first-order valence-electron chi connectivity index (χ1n) is 11.8. The number of hydrogen-bond donors (Lipinski definition) is 2. The molecule has 6 nitrogen and oxygen atoms in total. The summed E-state index contributed by atoms with van der Waals surface area (Å²) in [5.41, 5.74) is 1.37. The predicted molar refractivity (Wildman–Crippen MR) is 117 cm³/mol. The van der Waals surface area contributed by atoms with E-state index in [0.717, 1.165) is 44.9 Å². The van der Waals surface area contributed by atoms with Crippen molar-refractivity contribution in [1.29, 1.82) is 0 Å². The fraction of sp³-hybridized carbons (Fsp3) is 0.750. The summed E-state index contributed by atoms with van der Waals surface area (Å²) in [5, 5.41) is 13.9. The highest BCUT2D eigenvalue weighted by Crippen LogP contribution is 2.31. The molecule has 1 amide bonds. The van der Waals surface area contributed by atoms with Crippen molar-refractivity contribution in [3.63, 3.8) is 0 Å². The van der Waals surface area contributed by atoms with Gasteiger partial charge in [-0.25, -0.2) is 4.79 Å². The molecule has 1 aliphatic heterocycles. The van der Waals surface area contributed by atoms with Gasteiger partial charge in [-0.2, -0.15) is 0 Å². The molecule has 2 unspecified atom stereocenters. The summed E-state index contributed by atoms with van der Waals surface area (Å²) < 4.78 is 5.01. The number of nitrogens with one attached hydrogen (secondary N) is 1. The predicted octanol–water partition coefficient (Wildman–Crippen LogP) is 3.31. The zero-order valence-corrected chi connectivity index (χ0v) is 18.4. The van der Waals surface area contributed by atoms with E-state index in [2.05, 4.69) is 23.5 Å². The molecule has 3 aliphatic rings. The Morgan fingerprint density at radius 3 is 2.77 bits per heavy atom.